The van der Waals surface area contributed by atoms with Crippen molar-refractivity contribution < 1.29 is 14.3 Å². The van der Waals surface area contributed by atoms with Crippen molar-refractivity contribution >= 4 is 38.8 Å². The van der Waals surface area contributed by atoms with Crippen LogP contribution in [0.3, 0.4) is 0 Å². The van der Waals surface area contributed by atoms with Crippen LogP contribution in [0.4, 0.5) is 0 Å². The predicted molar refractivity (Wildman–Crippen MR) is 111 cm³/mol. The van der Waals surface area contributed by atoms with E-state index in [1.54, 1.807) is 19.4 Å². The molecule has 0 fully saturated rings. The summed E-state index contributed by atoms with van der Waals surface area (Å²) in [6, 6.07) is 17.0. The second-order valence-corrected chi connectivity index (χ2v) is 6.63. The number of carbonyl (C=O) groups excluding carboxylic acids is 1. The molecule has 0 heterocycles. The molecule has 138 valence electrons. The molecular weight excluding hydrogens is 408 g/mol. The highest BCUT2D eigenvalue weighted by molar-refractivity contribution is 9.10. The molecule has 0 saturated carbocycles. The number of halogens is 1. The lowest BCUT2D eigenvalue weighted by atomic mass is 10.1. The molecule has 0 aliphatic rings. The van der Waals surface area contributed by atoms with Crippen LogP contribution in [0.25, 0.3) is 10.8 Å². The van der Waals surface area contributed by atoms with Crippen molar-refractivity contribution in [3.8, 4) is 11.5 Å². The Morgan fingerprint density at radius 2 is 1.85 bits per heavy atom. The van der Waals surface area contributed by atoms with Gasteiger partial charge in [-0.25, -0.2) is 5.43 Å². The molecule has 27 heavy (non-hydrogen) atoms. The highest BCUT2D eigenvalue weighted by Gasteiger charge is 2.13. The van der Waals surface area contributed by atoms with Gasteiger partial charge in [0.05, 0.1) is 25.5 Å². The molecule has 1 amide bonds. The number of nitrogens with zero attached hydrogens (tertiary/aromatic N) is 1. The first kappa shape index (κ1) is 18.9. The molecule has 0 spiro atoms. The van der Waals surface area contributed by atoms with Crippen molar-refractivity contribution in [3.05, 3.63) is 70.2 Å². The number of hydrogen-bond acceptors (Lipinski definition) is 4. The summed E-state index contributed by atoms with van der Waals surface area (Å²) in [6.45, 7) is 2.46. The minimum atomic E-state index is -0.346. The highest BCUT2D eigenvalue weighted by atomic mass is 79.9. The molecule has 0 saturated heterocycles. The van der Waals surface area contributed by atoms with Gasteiger partial charge in [-0.15, -0.1) is 0 Å². The zero-order valence-electron chi connectivity index (χ0n) is 15.0. The summed E-state index contributed by atoms with van der Waals surface area (Å²) in [5, 5.41) is 6.04. The molecule has 0 aliphatic carbocycles. The molecule has 3 aromatic rings. The molecule has 0 aromatic heterocycles. The number of methoxy groups -OCH3 is 1. The lowest BCUT2D eigenvalue weighted by Crippen LogP contribution is -2.18. The Kier molecular flexibility index (Phi) is 6.08. The topological polar surface area (TPSA) is 59.9 Å². The largest absolute Gasteiger partial charge is 0.496 e. The molecule has 0 radical (unpaired) electrons. The van der Waals surface area contributed by atoms with Crippen LogP contribution in [0.2, 0.25) is 0 Å². The zero-order valence-corrected chi connectivity index (χ0v) is 16.6. The fourth-order valence-corrected chi connectivity index (χ4v) is 3.07. The van der Waals surface area contributed by atoms with E-state index < -0.39 is 0 Å². The minimum Gasteiger partial charge on any atom is -0.496 e. The number of carbonyl (C=O) groups is 1. The second-order valence-electron chi connectivity index (χ2n) is 5.71. The molecule has 0 atom stereocenters. The number of fused-ring (bicyclic) bond motifs is 1. The van der Waals surface area contributed by atoms with E-state index in [0.29, 0.717) is 23.7 Å². The number of nitrogens with one attached hydrogen (secondary N) is 1. The standard InChI is InChI=1S/C21H19BrN2O3/c1-3-27-19-9-8-17(22)10-16(19)13-23-24-21(25)18-11-14-6-4-5-7-15(14)12-20(18)26-2/h4-13H,3H2,1-2H3,(H,24,25). The van der Waals surface area contributed by atoms with Crippen LogP contribution < -0.4 is 14.9 Å². The molecule has 6 heteroatoms. The van der Waals surface area contributed by atoms with Gasteiger partial charge in [0, 0.05) is 10.0 Å². The van der Waals surface area contributed by atoms with Crippen molar-refractivity contribution in [2.24, 2.45) is 5.10 Å². The zero-order chi connectivity index (χ0) is 19.2. The van der Waals surface area contributed by atoms with E-state index in [9.17, 15) is 4.79 Å². The average molecular weight is 427 g/mol. The number of benzene rings is 3. The molecular formula is C21H19BrN2O3. The smallest absolute Gasteiger partial charge is 0.275 e. The quantitative estimate of drug-likeness (QED) is 0.455. The van der Waals surface area contributed by atoms with Crippen LogP contribution in [-0.4, -0.2) is 25.8 Å². The SMILES string of the molecule is CCOc1ccc(Br)cc1C=NNC(=O)c1cc2ccccc2cc1OC. The van der Waals surface area contributed by atoms with Crippen LogP contribution in [0.15, 0.2) is 64.2 Å². The Hall–Kier alpha value is -2.86. The molecule has 3 aromatic carbocycles. The van der Waals surface area contributed by atoms with E-state index in [0.717, 1.165) is 20.8 Å². The first-order chi connectivity index (χ1) is 13.1. The van der Waals surface area contributed by atoms with Crippen LogP contribution >= 0.6 is 15.9 Å². The summed E-state index contributed by atoms with van der Waals surface area (Å²) in [6.07, 6.45) is 1.56. The van der Waals surface area contributed by atoms with Gasteiger partial charge in [-0.05, 0) is 48.0 Å². The van der Waals surface area contributed by atoms with E-state index in [1.165, 1.54) is 0 Å². The van der Waals surface area contributed by atoms with Crippen molar-refractivity contribution in [3.63, 3.8) is 0 Å². The molecule has 0 unspecified atom stereocenters. The normalized spacial score (nSPS) is 10.9. The Morgan fingerprint density at radius 3 is 2.56 bits per heavy atom. The van der Waals surface area contributed by atoms with Gasteiger partial charge in [-0.2, -0.15) is 5.10 Å². The summed E-state index contributed by atoms with van der Waals surface area (Å²) < 4.78 is 11.8. The third-order valence-electron chi connectivity index (χ3n) is 3.95. The second kappa shape index (κ2) is 8.68. The van der Waals surface area contributed by atoms with Crippen molar-refractivity contribution in [2.45, 2.75) is 6.92 Å². The minimum absolute atomic E-state index is 0.346. The molecule has 1 N–H and O–H groups in total. The molecule has 3 rings (SSSR count). The van der Waals surface area contributed by atoms with E-state index >= 15 is 0 Å². The first-order valence-corrected chi connectivity index (χ1v) is 9.24. The summed E-state index contributed by atoms with van der Waals surface area (Å²) in [4.78, 5) is 12.6. The average Bonchev–Trinajstić information content (AvgIpc) is 2.68. The van der Waals surface area contributed by atoms with Crippen LogP contribution in [0.5, 0.6) is 11.5 Å². The number of hydrogen-bond donors (Lipinski definition) is 1. The van der Waals surface area contributed by atoms with E-state index in [4.69, 9.17) is 9.47 Å². The Balaban J connectivity index is 1.83. The van der Waals surface area contributed by atoms with Gasteiger partial charge < -0.3 is 9.47 Å². The Bertz CT molecular complexity index is 1000. The van der Waals surface area contributed by atoms with Gasteiger partial charge in [0.25, 0.3) is 5.91 Å². The molecule has 0 aliphatic heterocycles. The number of rotatable bonds is 6. The van der Waals surface area contributed by atoms with Crippen LogP contribution in [0, 0.1) is 0 Å². The summed E-state index contributed by atoms with van der Waals surface area (Å²) in [7, 11) is 1.54. The van der Waals surface area contributed by atoms with Gasteiger partial charge in [0.15, 0.2) is 0 Å². The Morgan fingerprint density at radius 1 is 1.11 bits per heavy atom. The van der Waals surface area contributed by atoms with Gasteiger partial charge in [-0.3, -0.25) is 4.79 Å². The predicted octanol–water partition coefficient (Wildman–Crippen LogP) is 4.77. The summed E-state index contributed by atoms with van der Waals surface area (Å²) in [5.74, 6) is 0.850. The van der Waals surface area contributed by atoms with Crippen molar-refractivity contribution in [1.82, 2.24) is 5.43 Å². The number of hydrazone groups is 1. The summed E-state index contributed by atoms with van der Waals surface area (Å²) >= 11 is 3.43. The third kappa shape index (κ3) is 4.46. The van der Waals surface area contributed by atoms with Crippen molar-refractivity contribution in [1.29, 1.82) is 0 Å². The number of amides is 1. The van der Waals surface area contributed by atoms with Gasteiger partial charge in [-0.1, -0.05) is 40.2 Å². The Labute approximate surface area is 166 Å². The lowest BCUT2D eigenvalue weighted by Gasteiger charge is -2.09. The lowest BCUT2D eigenvalue weighted by molar-refractivity contribution is 0.0952. The first-order valence-electron chi connectivity index (χ1n) is 8.45. The monoisotopic (exact) mass is 426 g/mol. The van der Waals surface area contributed by atoms with Crippen LogP contribution in [0.1, 0.15) is 22.8 Å². The van der Waals surface area contributed by atoms with Gasteiger partial charge in [0.1, 0.15) is 11.5 Å². The maximum absolute atomic E-state index is 12.6. The third-order valence-corrected chi connectivity index (χ3v) is 4.45. The molecule has 5 nitrogen and oxygen atoms in total. The maximum Gasteiger partial charge on any atom is 0.275 e. The fraction of sp³-hybridized carbons (Fsp3) is 0.143. The fourth-order valence-electron chi connectivity index (χ4n) is 2.69. The van der Waals surface area contributed by atoms with E-state index in [1.807, 2.05) is 55.5 Å². The number of ether oxygens (including phenoxy) is 2. The molecule has 0 bridgehead atoms. The van der Waals surface area contributed by atoms with Crippen LogP contribution in [-0.2, 0) is 0 Å². The van der Waals surface area contributed by atoms with E-state index in [2.05, 4.69) is 26.5 Å². The highest BCUT2D eigenvalue weighted by Crippen LogP contribution is 2.26. The van der Waals surface area contributed by atoms with Gasteiger partial charge in [0.2, 0.25) is 0 Å². The van der Waals surface area contributed by atoms with E-state index in [-0.39, 0.29) is 5.91 Å². The van der Waals surface area contributed by atoms with Crippen molar-refractivity contribution in [2.75, 3.05) is 13.7 Å². The van der Waals surface area contributed by atoms with Gasteiger partial charge >= 0.3 is 0 Å². The summed E-state index contributed by atoms with van der Waals surface area (Å²) in [5.41, 5.74) is 3.74. The maximum atomic E-state index is 12.6.